The minimum atomic E-state index is -0.0917. The molecule has 1 aromatic carbocycles. The van der Waals surface area contributed by atoms with Crippen molar-refractivity contribution in [1.82, 2.24) is 4.90 Å². The van der Waals surface area contributed by atoms with Crippen molar-refractivity contribution in [3.63, 3.8) is 0 Å². The van der Waals surface area contributed by atoms with Crippen molar-refractivity contribution in [1.29, 1.82) is 16.1 Å². The van der Waals surface area contributed by atoms with Crippen molar-refractivity contribution in [3.05, 3.63) is 29.3 Å². The van der Waals surface area contributed by atoms with Crippen LogP contribution in [0.15, 0.2) is 18.2 Å². The summed E-state index contributed by atoms with van der Waals surface area (Å²) >= 11 is 0. The molecule has 1 aliphatic carbocycles. The molecule has 104 valence electrons. The summed E-state index contributed by atoms with van der Waals surface area (Å²) in [6, 6.07) is 7.41. The Morgan fingerprint density at radius 3 is 2.70 bits per heavy atom. The van der Waals surface area contributed by atoms with Gasteiger partial charge in [-0.3, -0.25) is 10.8 Å². The standard InChI is InChI=1S/C15H19N5/c1-20(9-17)15(19)14(11-3-2-4-11)12-5-10(8-16)6-13(18)7-12/h5-7,9,11,14,17,19H,2-4,18H2,1H3. The smallest absolute Gasteiger partial charge is 0.109 e. The first kappa shape index (κ1) is 14.1. The Morgan fingerprint density at radius 1 is 1.50 bits per heavy atom. The maximum Gasteiger partial charge on any atom is 0.109 e. The highest BCUT2D eigenvalue weighted by Crippen LogP contribution is 2.41. The highest BCUT2D eigenvalue weighted by Gasteiger charge is 2.33. The number of anilines is 1. The van der Waals surface area contributed by atoms with Crippen molar-refractivity contribution in [2.75, 3.05) is 12.8 Å². The van der Waals surface area contributed by atoms with Gasteiger partial charge in [-0.2, -0.15) is 5.26 Å². The van der Waals surface area contributed by atoms with Gasteiger partial charge in [0.1, 0.15) is 5.84 Å². The van der Waals surface area contributed by atoms with E-state index in [0.29, 0.717) is 23.0 Å². The number of nitriles is 1. The third-order valence-corrected chi connectivity index (χ3v) is 3.96. The summed E-state index contributed by atoms with van der Waals surface area (Å²) in [5, 5.41) is 24.7. The molecule has 0 heterocycles. The van der Waals surface area contributed by atoms with Crippen LogP contribution in [-0.2, 0) is 0 Å². The van der Waals surface area contributed by atoms with Crippen LogP contribution in [0.3, 0.4) is 0 Å². The van der Waals surface area contributed by atoms with E-state index in [4.69, 9.17) is 21.8 Å². The highest BCUT2D eigenvalue weighted by atomic mass is 15.1. The lowest BCUT2D eigenvalue weighted by atomic mass is 9.72. The van der Waals surface area contributed by atoms with Crippen molar-refractivity contribution in [2.45, 2.75) is 25.2 Å². The summed E-state index contributed by atoms with van der Waals surface area (Å²) in [6.45, 7) is 0. The van der Waals surface area contributed by atoms with Gasteiger partial charge in [-0.1, -0.05) is 6.42 Å². The molecule has 0 aliphatic heterocycles. The van der Waals surface area contributed by atoms with Crippen molar-refractivity contribution >= 4 is 17.9 Å². The van der Waals surface area contributed by atoms with E-state index in [1.807, 2.05) is 12.1 Å². The third-order valence-electron chi connectivity index (χ3n) is 3.96. The number of hydrogen-bond donors (Lipinski definition) is 3. The summed E-state index contributed by atoms with van der Waals surface area (Å²) in [5.74, 6) is 0.698. The molecule has 0 amide bonds. The van der Waals surface area contributed by atoms with E-state index in [1.54, 1.807) is 13.1 Å². The van der Waals surface area contributed by atoms with E-state index in [9.17, 15) is 0 Å². The number of nitrogen functional groups attached to an aromatic ring is 1. The monoisotopic (exact) mass is 269 g/mol. The van der Waals surface area contributed by atoms with Crippen LogP contribution < -0.4 is 5.73 Å². The summed E-state index contributed by atoms with van der Waals surface area (Å²) in [7, 11) is 1.71. The maximum absolute atomic E-state index is 9.07. The molecule has 1 aliphatic rings. The Labute approximate surface area is 119 Å². The number of benzene rings is 1. The van der Waals surface area contributed by atoms with Crippen LogP contribution in [0.1, 0.15) is 36.3 Å². The first-order chi connectivity index (χ1) is 9.56. The predicted octanol–water partition coefficient (Wildman–Crippen LogP) is 2.54. The maximum atomic E-state index is 9.07. The van der Waals surface area contributed by atoms with Gasteiger partial charge in [0, 0.05) is 18.7 Å². The number of nitrogens with one attached hydrogen (secondary N) is 2. The van der Waals surface area contributed by atoms with Crippen molar-refractivity contribution in [3.8, 4) is 6.07 Å². The molecule has 2 rings (SSSR count). The molecule has 1 aromatic rings. The molecule has 0 aromatic heterocycles. The van der Waals surface area contributed by atoms with Crippen molar-refractivity contribution < 1.29 is 0 Å². The summed E-state index contributed by atoms with van der Waals surface area (Å²) in [4.78, 5) is 1.51. The summed E-state index contributed by atoms with van der Waals surface area (Å²) < 4.78 is 0. The molecule has 1 atom stereocenters. The minimum absolute atomic E-state index is 0.0917. The average Bonchev–Trinajstić information content (AvgIpc) is 2.40. The molecule has 1 unspecified atom stereocenters. The number of amidine groups is 1. The normalized spacial score (nSPS) is 15.8. The molecular formula is C15H19N5. The lowest BCUT2D eigenvalue weighted by molar-refractivity contribution is 0.291. The fourth-order valence-corrected chi connectivity index (χ4v) is 2.64. The molecule has 1 saturated carbocycles. The van der Waals surface area contributed by atoms with E-state index in [1.165, 1.54) is 11.3 Å². The van der Waals surface area contributed by atoms with E-state index in [0.717, 1.165) is 24.7 Å². The molecule has 5 heteroatoms. The zero-order valence-electron chi connectivity index (χ0n) is 11.6. The van der Waals surface area contributed by atoms with Crippen LogP contribution >= 0.6 is 0 Å². The van der Waals surface area contributed by atoms with Gasteiger partial charge in [0.05, 0.1) is 18.0 Å². The van der Waals surface area contributed by atoms with E-state index < -0.39 is 0 Å². The number of likely N-dealkylation sites (N-methyl/N-ethyl adjacent to an activating group) is 1. The molecule has 4 N–H and O–H groups in total. The number of hydrogen-bond acceptors (Lipinski definition) is 4. The van der Waals surface area contributed by atoms with E-state index in [-0.39, 0.29) is 5.92 Å². The van der Waals surface area contributed by atoms with Crippen LogP contribution in [0.4, 0.5) is 5.69 Å². The fourth-order valence-electron chi connectivity index (χ4n) is 2.64. The number of nitrogens with two attached hydrogens (primary N) is 1. The second kappa shape index (κ2) is 5.74. The molecule has 5 nitrogen and oxygen atoms in total. The SMILES string of the molecule is CN(C=N)C(=N)C(c1cc(N)cc(C#N)c1)C1CCC1. The van der Waals surface area contributed by atoms with E-state index in [2.05, 4.69) is 6.07 Å². The van der Waals surface area contributed by atoms with Gasteiger partial charge >= 0.3 is 0 Å². The molecule has 0 saturated heterocycles. The largest absolute Gasteiger partial charge is 0.399 e. The lowest BCUT2D eigenvalue weighted by Gasteiger charge is -2.36. The highest BCUT2D eigenvalue weighted by molar-refractivity contribution is 5.94. The van der Waals surface area contributed by atoms with Crippen LogP contribution in [0.5, 0.6) is 0 Å². The molecule has 20 heavy (non-hydrogen) atoms. The van der Waals surface area contributed by atoms with Crippen LogP contribution in [0.25, 0.3) is 0 Å². The van der Waals surface area contributed by atoms with Crippen LogP contribution in [0.2, 0.25) is 0 Å². The molecule has 0 bridgehead atoms. The predicted molar refractivity (Wildman–Crippen MR) is 79.9 cm³/mol. The van der Waals surface area contributed by atoms with Crippen LogP contribution in [-0.4, -0.2) is 24.1 Å². The van der Waals surface area contributed by atoms with Gasteiger partial charge in [0.25, 0.3) is 0 Å². The lowest BCUT2D eigenvalue weighted by Crippen LogP contribution is -2.36. The Bertz CT molecular complexity index is 568. The number of nitrogens with zero attached hydrogens (tertiary/aromatic N) is 2. The van der Waals surface area contributed by atoms with Crippen LogP contribution in [0, 0.1) is 28.1 Å². The topological polar surface area (TPSA) is 101 Å². The van der Waals surface area contributed by atoms with Gasteiger partial charge < -0.3 is 10.6 Å². The minimum Gasteiger partial charge on any atom is -0.399 e. The third kappa shape index (κ3) is 2.64. The summed E-state index contributed by atoms with van der Waals surface area (Å²) in [6.07, 6.45) is 4.48. The van der Waals surface area contributed by atoms with Gasteiger partial charge in [-0.05, 0) is 42.5 Å². The molecule has 1 fully saturated rings. The van der Waals surface area contributed by atoms with E-state index >= 15 is 0 Å². The van der Waals surface area contributed by atoms with Gasteiger partial charge in [-0.15, -0.1) is 0 Å². The Hall–Kier alpha value is -2.35. The zero-order chi connectivity index (χ0) is 14.7. The first-order valence-corrected chi connectivity index (χ1v) is 6.69. The second-order valence-electron chi connectivity index (χ2n) is 5.29. The Morgan fingerprint density at radius 2 is 2.20 bits per heavy atom. The van der Waals surface area contributed by atoms with Gasteiger partial charge in [0.2, 0.25) is 0 Å². The van der Waals surface area contributed by atoms with Gasteiger partial charge in [-0.25, -0.2) is 0 Å². The van der Waals surface area contributed by atoms with Crippen molar-refractivity contribution in [2.24, 2.45) is 5.92 Å². The van der Waals surface area contributed by atoms with Gasteiger partial charge in [0.15, 0.2) is 0 Å². The number of rotatable bonds is 4. The average molecular weight is 269 g/mol. The molecule has 0 spiro atoms. The summed E-state index contributed by atoms with van der Waals surface area (Å²) in [5.41, 5.74) is 7.84. The Balaban J connectivity index is 2.41. The first-order valence-electron chi connectivity index (χ1n) is 6.69. The quantitative estimate of drug-likeness (QED) is 0.444. The zero-order valence-corrected chi connectivity index (χ0v) is 11.6. The Kier molecular flexibility index (Phi) is 4.04. The molecule has 0 radical (unpaired) electrons. The second-order valence-corrected chi connectivity index (χ2v) is 5.29. The molecular weight excluding hydrogens is 250 g/mol. The fraction of sp³-hybridized carbons (Fsp3) is 0.400.